The van der Waals surface area contributed by atoms with Crippen molar-refractivity contribution in [1.29, 1.82) is 0 Å². The molecule has 4 rings (SSSR count). The second-order valence-corrected chi connectivity index (χ2v) is 9.59. The number of benzene rings is 3. The maximum absolute atomic E-state index is 13.8. The molecule has 1 aliphatic heterocycles. The molecule has 0 aliphatic carbocycles. The Morgan fingerprint density at radius 2 is 1.06 bits per heavy atom. The summed E-state index contributed by atoms with van der Waals surface area (Å²) in [5.74, 6) is -0.497. The van der Waals surface area contributed by atoms with Crippen molar-refractivity contribution in [3.8, 4) is 17.2 Å². The molecule has 2 unspecified atom stereocenters. The summed E-state index contributed by atoms with van der Waals surface area (Å²) in [7, 11) is 0.581. The number of rotatable bonds is 6. The van der Waals surface area contributed by atoms with Crippen molar-refractivity contribution >= 4 is 7.37 Å². The first kappa shape index (κ1) is 22.4. The Hall–Kier alpha value is -2.83. The van der Waals surface area contributed by atoms with Crippen LogP contribution in [0.25, 0.3) is 0 Å². The Kier molecular flexibility index (Phi) is 6.53. The predicted molar refractivity (Wildman–Crippen MR) is 119 cm³/mol. The minimum Gasteiger partial charge on any atom is -0.497 e. The molecule has 4 atom stereocenters. The number of hydrogen-bond donors (Lipinski definition) is 1. The third-order valence-electron chi connectivity index (χ3n) is 5.30. The highest BCUT2D eigenvalue weighted by molar-refractivity contribution is 7.58. The molecule has 0 saturated carbocycles. The lowest BCUT2D eigenvalue weighted by atomic mass is 10.2. The predicted octanol–water partition coefficient (Wildman–Crippen LogP) is 5.43. The van der Waals surface area contributed by atoms with E-state index in [-0.39, 0.29) is 0 Å². The van der Waals surface area contributed by atoms with Gasteiger partial charge in [0, 0.05) is 5.56 Å². The van der Waals surface area contributed by atoms with Gasteiger partial charge in [0.2, 0.25) is 0 Å². The quantitative estimate of drug-likeness (QED) is 0.496. The number of methoxy groups -OCH3 is 3. The van der Waals surface area contributed by atoms with Crippen LogP contribution < -0.4 is 14.2 Å². The highest BCUT2D eigenvalue weighted by atomic mass is 31.2. The van der Waals surface area contributed by atoms with E-state index in [1.165, 1.54) is 0 Å². The molecule has 0 radical (unpaired) electrons. The third kappa shape index (κ3) is 4.38. The Balaban J connectivity index is 1.81. The molecule has 3 aromatic carbocycles. The van der Waals surface area contributed by atoms with Crippen LogP contribution in [-0.2, 0) is 14.0 Å². The van der Waals surface area contributed by atoms with Crippen LogP contribution in [0.3, 0.4) is 0 Å². The minimum absolute atomic E-state index is 0.527. The molecule has 1 heterocycles. The van der Waals surface area contributed by atoms with Crippen molar-refractivity contribution in [2.75, 3.05) is 21.3 Å². The molecule has 3 aromatic rings. The first-order valence-electron chi connectivity index (χ1n) is 10.0. The molecule has 0 aromatic heterocycles. The van der Waals surface area contributed by atoms with E-state index in [0.29, 0.717) is 33.9 Å². The molecule has 1 aliphatic rings. The summed E-state index contributed by atoms with van der Waals surface area (Å²) in [5.41, 5.74) is 1.73. The van der Waals surface area contributed by atoms with E-state index in [4.69, 9.17) is 23.7 Å². The summed E-state index contributed by atoms with van der Waals surface area (Å²) in [6, 6.07) is 21.2. The summed E-state index contributed by atoms with van der Waals surface area (Å²) in [5, 5.41) is 0. The van der Waals surface area contributed by atoms with Gasteiger partial charge in [0.1, 0.15) is 17.2 Å². The van der Waals surface area contributed by atoms with Crippen molar-refractivity contribution in [3.05, 3.63) is 89.5 Å². The second kappa shape index (κ2) is 9.35. The maximum Gasteiger partial charge on any atom is 0.265 e. The third-order valence-corrected chi connectivity index (χ3v) is 7.48. The van der Waals surface area contributed by atoms with E-state index < -0.39 is 25.3 Å². The van der Waals surface area contributed by atoms with Gasteiger partial charge in [-0.1, -0.05) is 36.4 Å². The Bertz CT molecular complexity index is 1070. The molecule has 1 N–H and O–H groups in total. The van der Waals surface area contributed by atoms with Crippen LogP contribution in [0, 0.1) is 0 Å². The molecule has 8 heteroatoms. The lowest BCUT2D eigenvalue weighted by Crippen LogP contribution is -2.25. The van der Waals surface area contributed by atoms with Crippen molar-refractivity contribution in [1.82, 2.24) is 0 Å². The molecule has 1 fully saturated rings. The Labute approximate surface area is 186 Å². The lowest BCUT2D eigenvalue weighted by molar-refractivity contribution is -0.195. The zero-order chi connectivity index (χ0) is 22.7. The van der Waals surface area contributed by atoms with E-state index in [1.54, 1.807) is 75.9 Å². The summed E-state index contributed by atoms with van der Waals surface area (Å²) in [4.78, 5) is 11.3. The van der Waals surface area contributed by atoms with Gasteiger partial charge in [-0.15, -0.1) is 0 Å². The average Bonchev–Trinajstić information content (AvgIpc) is 2.83. The fourth-order valence-electron chi connectivity index (χ4n) is 3.68. The van der Waals surface area contributed by atoms with Crippen LogP contribution in [0.1, 0.15) is 34.7 Å². The summed E-state index contributed by atoms with van der Waals surface area (Å²) in [6.45, 7) is 0. The van der Waals surface area contributed by atoms with E-state index in [2.05, 4.69) is 0 Å². The van der Waals surface area contributed by atoms with Gasteiger partial charge in [0.25, 0.3) is 7.37 Å². The Morgan fingerprint density at radius 3 is 1.47 bits per heavy atom. The van der Waals surface area contributed by atoms with Crippen molar-refractivity contribution in [2.24, 2.45) is 0 Å². The molecule has 1 saturated heterocycles. The van der Waals surface area contributed by atoms with Crippen LogP contribution in [0.2, 0.25) is 0 Å². The van der Waals surface area contributed by atoms with Crippen molar-refractivity contribution < 1.29 is 33.1 Å². The maximum atomic E-state index is 13.8. The number of hydrogen-bond acceptors (Lipinski definition) is 6. The summed E-state index contributed by atoms with van der Waals surface area (Å²) in [6.07, 6.45) is -0.897. The highest BCUT2D eigenvalue weighted by Gasteiger charge is 2.50. The molecule has 32 heavy (non-hydrogen) atoms. The Morgan fingerprint density at radius 1 is 0.688 bits per heavy atom. The van der Waals surface area contributed by atoms with Gasteiger partial charge in [-0.05, 0) is 47.5 Å². The van der Waals surface area contributed by atoms with E-state index in [0.717, 1.165) is 0 Å². The van der Waals surface area contributed by atoms with Crippen LogP contribution in [0.4, 0.5) is 0 Å². The first-order chi connectivity index (χ1) is 15.5. The molecule has 7 nitrogen and oxygen atoms in total. The van der Waals surface area contributed by atoms with Gasteiger partial charge in [-0.3, -0.25) is 4.57 Å². The molecule has 0 spiro atoms. The van der Waals surface area contributed by atoms with E-state index >= 15 is 0 Å². The fraction of sp³-hybridized carbons (Fsp3) is 0.250. The monoisotopic (exact) mass is 456 g/mol. The SMILES string of the molecule is COc1cccc(C2O[C@H](c3cccc(OC)c3)P(=O)(O)[C@H](c3cccc(OC)c3)O2)c1. The molecule has 168 valence electrons. The normalized spacial score (nSPS) is 25.2. The molecular weight excluding hydrogens is 431 g/mol. The standard InChI is InChI=1S/C24H25O7P/c1-27-19-10-4-7-16(13-19)22-30-23(17-8-5-11-20(14-17)28-2)32(25,26)24(31-22)18-9-6-12-21(15-18)29-3/h4-15,22-24H,1-3H3,(H,25,26)/t22?,23-,24+. The second-order valence-electron chi connectivity index (χ2n) is 7.31. The van der Waals surface area contributed by atoms with E-state index in [1.807, 2.05) is 18.2 Å². The van der Waals surface area contributed by atoms with Crippen LogP contribution >= 0.6 is 7.37 Å². The van der Waals surface area contributed by atoms with Gasteiger partial charge in [-0.2, -0.15) is 0 Å². The van der Waals surface area contributed by atoms with Crippen molar-refractivity contribution in [3.63, 3.8) is 0 Å². The largest absolute Gasteiger partial charge is 0.497 e. The number of ether oxygens (including phenoxy) is 5. The first-order valence-corrected chi connectivity index (χ1v) is 11.8. The molecule has 0 bridgehead atoms. The average molecular weight is 456 g/mol. The molecular formula is C24H25O7P. The molecule has 0 amide bonds. The lowest BCUT2D eigenvalue weighted by Gasteiger charge is -2.39. The van der Waals surface area contributed by atoms with Gasteiger partial charge >= 0.3 is 0 Å². The zero-order valence-corrected chi connectivity index (χ0v) is 18.9. The minimum atomic E-state index is -4.07. The van der Waals surface area contributed by atoms with Gasteiger partial charge in [0.15, 0.2) is 18.0 Å². The van der Waals surface area contributed by atoms with Gasteiger partial charge in [-0.25, -0.2) is 0 Å². The van der Waals surface area contributed by atoms with Crippen LogP contribution in [0.5, 0.6) is 17.2 Å². The van der Waals surface area contributed by atoms with E-state index in [9.17, 15) is 9.46 Å². The zero-order valence-electron chi connectivity index (χ0n) is 18.0. The van der Waals surface area contributed by atoms with Crippen molar-refractivity contribution in [2.45, 2.75) is 18.0 Å². The van der Waals surface area contributed by atoms with Gasteiger partial charge < -0.3 is 28.6 Å². The smallest absolute Gasteiger partial charge is 0.265 e. The highest BCUT2D eigenvalue weighted by Crippen LogP contribution is 2.71. The summed E-state index contributed by atoms with van der Waals surface area (Å²) < 4.78 is 41.9. The fourth-order valence-corrected chi connectivity index (χ4v) is 5.67. The van der Waals surface area contributed by atoms with Gasteiger partial charge in [0.05, 0.1) is 21.3 Å². The van der Waals surface area contributed by atoms with Crippen LogP contribution in [0.15, 0.2) is 72.8 Å². The van der Waals surface area contributed by atoms with Crippen LogP contribution in [-0.4, -0.2) is 26.2 Å². The topological polar surface area (TPSA) is 83.5 Å². The summed E-state index contributed by atoms with van der Waals surface area (Å²) >= 11 is 0.